The summed E-state index contributed by atoms with van der Waals surface area (Å²) >= 11 is 1.65. The van der Waals surface area contributed by atoms with Gasteiger partial charge in [-0.1, -0.05) is 0 Å². The Morgan fingerprint density at radius 1 is 1.29 bits per heavy atom. The van der Waals surface area contributed by atoms with Gasteiger partial charge in [0.2, 0.25) is 0 Å². The van der Waals surface area contributed by atoms with E-state index in [2.05, 4.69) is 16.5 Å². The molecular weight excluding hydrogens is 324 g/mol. The molecule has 6 heteroatoms. The maximum atomic E-state index is 5.92. The van der Waals surface area contributed by atoms with Crippen LogP contribution in [0.3, 0.4) is 0 Å². The van der Waals surface area contributed by atoms with Crippen LogP contribution in [0.2, 0.25) is 0 Å². The van der Waals surface area contributed by atoms with Gasteiger partial charge >= 0.3 is 0 Å². The van der Waals surface area contributed by atoms with E-state index >= 15 is 0 Å². The zero-order chi connectivity index (χ0) is 16.7. The summed E-state index contributed by atoms with van der Waals surface area (Å²) in [4.78, 5) is 0. The van der Waals surface area contributed by atoms with Crippen molar-refractivity contribution in [3.05, 3.63) is 40.7 Å². The molecule has 0 bridgehead atoms. The van der Waals surface area contributed by atoms with Gasteiger partial charge in [0, 0.05) is 22.6 Å². The van der Waals surface area contributed by atoms with E-state index < -0.39 is 0 Å². The van der Waals surface area contributed by atoms with Crippen LogP contribution in [0.1, 0.15) is 19.4 Å². The molecule has 0 fully saturated rings. The highest BCUT2D eigenvalue weighted by Gasteiger charge is 2.26. The number of aromatic nitrogens is 2. The predicted molar refractivity (Wildman–Crippen MR) is 93.5 cm³/mol. The third-order valence-corrected chi connectivity index (χ3v) is 4.53. The summed E-state index contributed by atoms with van der Waals surface area (Å²) in [5, 5.41) is 8.67. The minimum Gasteiger partial charge on any atom is -0.493 e. The highest BCUT2D eigenvalue weighted by atomic mass is 32.1. The summed E-state index contributed by atoms with van der Waals surface area (Å²) in [5.74, 6) is 2.17. The second kappa shape index (κ2) is 5.87. The fourth-order valence-corrected chi connectivity index (χ4v) is 3.47. The van der Waals surface area contributed by atoms with E-state index in [4.69, 9.17) is 14.2 Å². The molecule has 0 atom stereocenters. The van der Waals surface area contributed by atoms with Gasteiger partial charge in [-0.2, -0.15) is 16.4 Å². The third-order valence-electron chi connectivity index (χ3n) is 3.86. The van der Waals surface area contributed by atoms with Gasteiger partial charge in [-0.3, -0.25) is 0 Å². The number of hydrogen-bond donors (Lipinski definition) is 0. The Morgan fingerprint density at radius 2 is 2.17 bits per heavy atom. The van der Waals surface area contributed by atoms with Gasteiger partial charge in [-0.25, -0.2) is 4.68 Å². The van der Waals surface area contributed by atoms with Crippen molar-refractivity contribution in [2.45, 2.75) is 26.6 Å². The molecule has 5 nitrogen and oxygen atoms in total. The molecule has 0 radical (unpaired) electrons. The molecule has 0 spiro atoms. The Hall–Kier alpha value is -2.47. The first-order valence-electron chi connectivity index (χ1n) is 7.78. The largest absolute Gasteiger partial charge is 0.493 e. The van der Waals surface area contributed by atoms with Crippen LogP contribution in [0.4, 0.5) is 0 Å². The highest BCUT2D eigenvalue weighted by Crippen LogP contribution is 2.45. The van der Waals surface area contributed by atoms with Crippen LogP contribution < -0.4 is 14.2 Å². The normalized spacial score (nSPS) is 12.5. The molecule has 3 heterocycles. The van der Waals surface area contributed by atoms with Crippen molar-refractivity contribution in [3.63, 3.8) is 0 Å². The predicted octanol–water partition coefficient (Wildman–Crippen LogP) is 4.29. The zero-order valence-electron chi connectivity index (χ0n) is 13.8. The molecule has 0 saturated heterocycles. The SMILES string of the molecule is COc1cc2c(cc1OC(C)C)-c1c(cnn1-c1ccsc1)CO2. The van der Waals surface area contributed by atoms with Gasteiger partial charge in [0.15, 0.2) is 11.5 Å². The lowest BCUT2D eigenvalue weighted by molar-refractivity contribution is 0.228. The first kappa shape index (κ1) is 15.1. The summed E-state index contributed by atoms with van der Waals surface area (Å²) in [5.41, 5.74) is 4.13. The Kier molecular flexibility index (Phi) is 3.69. The number of hydrogen-bond acceptors (Lipinski definition) is 5. The van der Waals surface area contributed by atoms with Crippen LogP contribution in [-0.2, 0) is 6.61 Å². The molecule has 24 heavy (non-hydrogen) atoms. The van der Waals surface area contributed by atoms with Gasteiger partial charge in [0.05, 0.1) is 30.8 Å². The lowest BCUT2D eigenvalue weighted by Crippen LogP contribution is -2.10. The first-order valence-corrected chi connectivity index (χ1v) is 8.73. The van der Waals surface area contributed by atoms with Crippen molar-refractivity contribution in [1.82, 2.24) is 9.78 Å². The Morgan fingerprint density at radius 3 is 2.88 bits per heavy atom. The molecule has 3 aromatic rings. The number of benzene rings is 1. The van der Waals surface area contributed by atoms with E-state index in [1.54, 1.807) is 18.4 Å². The smallest absolute Gasteiger partial charge is 0.164 e. The molecule has 0 amide bonds. The highest BCUT2D eigenvalue weighted by molar-refractivity contribution is 7.08. The van der Waals surface area contributed by atoms with E-state index in [-0.39, 0.29) is 6.10 Å². The van der Waals surface area contributed by atoms with Crippen molar-refractivity contribution < 1.29 is 14.2 Å². The average molecular weight is 342 g/mol. The minimum atomic E-state index is 0.0581. The molecule has 0 aliphatic carbocycles. The molecule has 1 aromatic carbocycles. The van der Waals surface area contributed by atoms with Gasteiger partial charge < -0.3 is 14.2 Å². The molecule has 0 saturated carbocycles. The van der Waals surface area contributed by atoms with Crippen LogP contribution in [0, 0.1) is 0 Å². The molecular formula is C18H18N2O3S. The maximum absolute atomic E-state index is 5.92. The molecule has 2 aromatic heterocycles. The molecule has 124 valence electrons. The van der Waals surface area contributed by atoms with Crippen LogP contribution >= 0.6 is 11.3 Å². The Bertz CT molecular complexity index is 869. The molecule has 0 N–H and O–H groups in total. The number of rotatable bonds is 4. The van der Waals surface area contributed by atoms with Crippen molar-refractivity contribution in [1.29, 1.82) is 0 Å². The second-order valence-electron chi connectivity index (χ2n) is 5.87. The van der Waals surface area contributed by atoms with E-state index in [1.165, 1.54) is 0 Å². The van der Waals surface area contributed by atoms with Crippen molar-refractivity contribution in [2.75, 3.05) is 7.11 Å². The van der Waals surface area contributed by atoms with E-state index in [0.29, 0.717) is 18.1 Å². The lowest BCUT2D eigenvalue weighted by Gasteiger charge is -2.22. The molecule has 0 unspecified atom stereocenters. The lowest BCUT2D eigenvalue weighted by atomic mass is 10.0. The summed E-state index contributed by atoms with van der Waals surface area (Å²) in [7, 11) is 1.64. The quantitative estimate of drug-likeness (QED) is 0.709. The fourth-order valence-electron chi connectivity index (χ4n) is 2.86. The van der Waals surface area contributed by atoms with Crippen LogP contribution in [0.15, 0.2) is 35.2 Å². The van der Waals surface area contributed by atoms with Gasteiger partial charge in [-0.15, -0.1) is 0 Å². The Labute approximate surface area is 144 Å². The topological polar surface area (TPSA) is 45.5 Å². The summed E-state index contributed by atoms with van der Waals surface area (Å²) in [6, 6.07) is 5.93. The zero-order valence-corrected chi connectivity index (χ0v) is 14.6. The number of fused-ring (bicyclic) bond motifs is 3. The average Bonchev–Trinajstić information content (AvgIpc) is 3.22. The van der Waals surface area contributed by atoms with Crippen molar-refractivity contribution in [2.24, 2.45) is 0 Å². The van der Waals surface area contributed by atoms with Crippen molar-refractivity contribution >= 4 is 11.3 Å². The fraction of sp³-hybridized carbons (Fsp3) is 0.278. The monoisotopic (exact) mass is 342 g/mol. The number of methoxy groups -OCH3 is 1. The van der Waals surface area contributed by atoms with Gasteiger partial charge in [-0.05, 0) is 31.4 Å². The van der Waals surface area contributed by atoms with Gasteiger partial charge in [0.1, 0.15) is 12.4 Å². The number of nitrogens with zero attached hydrogens (tertiary/aromatic N) is 2. The summed E-state index contributed by atoms with van der Waals surface area (Å²) < 4.78 is 19.2. The standard InChI is InChI=1S/C18H18N2O3S/c1-11(2)23-17-6-14-15(7-16(17)21-3)22-9-12-8-19-20(18(12)14)13-4-5-24-10-13/h4-8,10-11H,9H2,1-3H3. The first-order chi connectivity index (χ1) is 11.7. The van der Waals surface area contributed by atoms with Crippen LogP contribution in [0.25, 0.3) is 16.9 Å². The van der Waals surface area contributed by atoms with E-state index in [1.807, 2.05) is 42.2 Å². The van der Waals surface area contributed by atoms with Crippen molar-refractivity contribution in [3.8, 4) is 34.2 Å². The van der Waals surface area contributed by atoms with Gasteiger partial charge in [0.25, 0.3) is 0 Å². The van der Waals surface area contributed by atoms with Crippen LogP contribution in [0.5, 0.6) is 17.2 Å². The second-order valence-corrected chi connectivity index (χ2v) is 6.65. The summed E-state index contributed by atoms with van der Waals surface area (Å²) in [6.45, 7) is 4.49. The Balaban J connectivity index is 1.90. The van der Waals surface area contributed by atoms with Crippen LogP contribution in [-0.4, -0.2) is 23.0 Å². The van der Waals surface area contributed by atoms with E-state index in [9.17, 15) is 0 Å². The molecule has 1 aliphatic rings. The molecule has 4 rings (SSSR count). The summed E-state index contributed by atoms with van der Waals surface area (Å²) in [6.07, 6.45) is 1.92. The minimum absolute atomic E-state index is 0.0581. The molecule has 1 aliphatic heterocycles. The van der Waals surface area contributed by atoms with E-state index in [0.717, 1.165) is 28.3 Å². The number of ether oxygens (including phenoxy) is 3. The maximum Gasteiger partial charge on any atom is 0.164 e. The third kappa shape index (κ3) is 2.43. The number of thiophene rings is 1.